The molecule has 0 aromatic carbocycles. The standard InChI is InChI=1S/C12H18N2O2/c1-2-3-5-8-11(15)13-12(16)14-9-6-4-7-10-14/h2-3,5,8H,4,6-7,9-10H2,1H3,(H,13,15,16). The normalized spacial score (nSPS) is 16.9. The summed E-state index contributed by atoms with van der Waals surface area (Å²) in [5, 5.41) is 2.34. The second kappa shape index (κ2) is 6.82. The van der Waals surface area contributed by atoms with Gasteiger partial charge in [0.1, 0.15) is 0 Å². The Hall–Kier alpha value is -1.58. The van der Waals surface area contributed by atoms with Crippen molar-refractivity contribution >= 4 is 11.9 Å². The fourth-order valence-electron chi connectivity index (χ4n) is 1.58. The molecule has 88 valence electrons. The van der Waals surface area contributed by atoms with Crippen molar-refractivity contribution in [2.75, 3.05) is 13.1 Å². The Labute approximate surface area is 96.0 Å². The van der Waals surface area contributed by atoms with Crippen LogP contribution in [0.15, 0.2) is 24.3 Å². The third-order valence-corrected chi connectivity index (χ3v) is 2.42. The van der Waals surface area contributed by atoms with Crippen molar-refractivity contribution in [1.29, 1.82) is 0 Å². The lowest BCUT2D eigenvalue weighted by molar-refractivity contribution is -0.115. The van der Waals surface area contributed by atoms with Crippen LogP contribution >= 0.6 is 0 Å². The number of nitrogens with one attached hydrogen (secondary N) is 1. The molecule has 3 amide bonds. The molecule has 0 unspecified atom stereocenters. The molecule has 1 fully saturated rings. The predicted octanol–water partition coefficient (Wildman–Crippen LogP) is 1.84. The Balaban J connectivity index is 2.35. The number of hydrogen-bond acceptors (Lipinski definition) is 2. The molecule has 0 spiro atoms. The quantitative estimate of drug-likeness (QED) is 0.572. The lowest BCUT2D eigenvalue weighted by Gasteiger charge is -2.26. The summed E-state index contributed by atoms with van der Waals surface area (Å²) >= 11 is 0. The maximum absolute atomic E-state index is 11.6. The van der Waals surface area contributed by atoms with Crippen LogP contribution in [0.2, 0.25) is 0 Å². The zero-order valence-corrected chi connectivity index (χ0v) is 9.61. The summed E-state index contributed by atoms with van der Waals surface area (Å²) in [6.45, 7) is 3.36. The lowest BCUT2D eigenvalue weighted by atomic mass is 10.1. The van der Waals surface area contributed by atoms with Crippen LogP contribution in [0.3, 0.4) is 0 Å². The van der Waals surface area contributed by atoms with Gasteiger partial charge in [0.05, 0.1) is 0 Å². The van der Waals surface area contributed by atoms with Crippen molar-refractivity contribution in [3.8, 4) is 0 Å². The van der Waals surface area contributed by atoms with Gasteiger partial charge in [0.25, 0.3) is 5.91 Å². The number of nitrogens with zero attached hydrogens (tertiary/aromatic N) is 1. The molecule has 1 saturated heterocycles. The SMILES string of the molecule is CC=CC=CC(=O)NC(=O)N1CCCCC1. The minimum Gasteiger partial charge on any atom is -0.324 e. The molecule has 0 atom stereocenters. The van der Waals surface area contributed by atoms with Crippen LogP contribution in [0.4, 0.5) is 4.79 Å². The van der Waals surface area contributed by atoms with Crippen molar-refractivity contribution in [3.63, 3.8) is 0 Å². The van der Waals surface area contributed by atoms with Gasteiger partial charge in [-0.3, -0.25) is 10.1 Å². The second-order valence-corrected chi connectivity index (χ2v) is 3.73. The first kappa shape index (κ1) is 12.5. The number of carbonyl (C=O) groups is 2. The van der Waals surface area contributed by atoms with Gasteiger partial charge in [-0.15, -0.1) is 0 Å². The third-order valence-electron chi connectivity index (χ3n) is 2.42. The van der Waals surface area contributed by atoms with Gasteiger partial charge in [-0.1, -0.05) is 18.2 Å². The number of urea groups is 1. The van der Waals surface area contributed by atoms with Gasteiger partial charge in [-0.05, 0) is 26.2 Å². The van der Waals surface area contributed by atoms with E-state index >= 15 is 0 Å². The molecule has 0 aromatic heterocycles. The fourth-order valence-corrected chi connectivity index (χ4v) is 1.58. The minimum absolute atomic E-state index is 0.283. The number of amides is 3. The van der Waals surface area contributed by atoms with E-state index in [1.807, 2.05) is 13.0 Å². The summed E-state index contributed by atoms with van der Waals surface area (Å²) in [6, 6.07) is -0.283. The van der Waals surface area contributed by atoms with Crippen LogP contribution in [0.25, 0.3) is 0 Å². The lowest BCUT2D eigenvalue weighted by Crippen LogP contribution is -2.44. The molecule has 16 heavy (non-hydrogen) atoms. The molecule has 1 aliphatic heterocycles. The maximum atomic E-state index is 11.6. The van der Waals surface area contributed by atoms with Gasteiger partial charge in [-0.25, -0.2) is 4.79 Å². The Morgan fingerprint density at radius 3 is 2.44 bits per heavy atom. The van der Waals surface area contributed by atoms with Crippen molar-refractivity contribution in [3.05, 3.63) is 24.3 Å². The number of likely N-dealkylation sites (tertiary alicyclic amines) is 1. The van der Waals surface area contributed by atoms with E-state index in [1.54, 1.807) is 17.1 Å². The zero-order valence-electron chi connectivity index (χ0n) is 9.61. The molecule has 4 nitrogen and oxygen atoms in total. The summed E-state index contributed by atoms with van der Waals surface area (Å²) < 4.78 is 0. The number of hydrogen-bond donors (Lipinski definition) is 1. The number of allylic oxidation sites excluding steroid dienone is 3. The minimum atomic E-state index is -0.367. The molecular formula is C12H18N2O2. The van der Waals surface area contributed by atoms with E-state index in [0.717, 1.165) is 25.9 Å². The van der Waals surface area contributed by atoms with E-state index in [2.05, 4.69) is 5.32 Å². The van der Waals surface area contributed by atoms with Crippen LogP contribution < -0.4 is 5.32 Å². The molecule has 1 heterocycles. The summed E-state index contributed by atoms with van der Waals surface area (Å²) in [4.78, 5) is 24.6. The molecule has 0 aromatic rings. The van der Waals surface area contributed by atoms with E-state index in [4.69, 9.17) is 0 Å². The van der Waals surface area contributed by atoms with Crippen molar-refractivity contribution < 1.29 is 9.59 Å². The maximum Gasteiger partial charge on any atom is 0.324 e. The predicted molar refractivity (Wildman–Crippen MR) is 62.9 cm³/mol. The molecule has 0 aliphatic carbocycles. The Kier molecular flexibility index (Phi) is 5.32. The van der Waals surface area contributed by atoms with Crippen LogP contribution in [-0.4, -0.2) is 29.9 Å². The number of imide groups is 1. The highest BCUT2D eigenvalue weighted by Gasteiger charge is 2.17. The average Bonchev–Trinajstić information content (AvgIpc) is 2.30. The van der Waals surface area contributed by atoms with Crippen LogP contribution in [0.1, 0.15) is 26.2 Å². The van der Waals surface area contributed by atoms with Crippen molar-refractivity contribution in [1.82, 2.24) is 10.2 Å². The zero-order chi connectivity index (χ0) is 11.8. The van der Waals surface area contributed by atoms with E-state index in [9.17, 15) is 9.59 Å². The van der Waals surface area contributed by atoms with E-state index < -0.39 is 0 Å². The largest absolute Gasteiger partial charge is 0.324 e. The molecule has 0 bridgehead atoms. The molecule has 1 rings (SSSR count). The highest BCUT2D eigenvalue weighted by Crippen LogP contribution is 2.08. The number of carbonyl (C=O) groups excluding carboxylic acids is 2. The highest BCUT2D eigenvalue weighted by atomic mass is 16.2. The molecule has 0 radical (unpaired) electrons. The highest BCUT2D eigenvalue weighted by molar-refractivity contribution is 6.00. The topological polar surface area (TPSA) is 49.4 Å². The third kappa shape index (κ3) is 4.29. The molecule has 4 heteroatoms. The van der Waals surface area contributed by atoms with Gasteiger partial charge in [-0.2, -0.15) is 0 Å². The van der Waals surface area contributed by atoms with E-state index in [1.165, 1.54) is 12.5 Å². The Bertz CT molecular complexity index is 302. The number of piperidine rings is 1. The summed E-state index contributed by atoms with van der Waals surface area (Å²) in [7, 11) is 0. The smallest absolute Gasteiger partial charge is 0.324 e. The van der Waals surface area contributed by atoms with Gasteiger partial charge >= 0.3 is 6.03 Å². The first-order valence-electron chi connectivity index (χ1n) is 5.63. The van der Waals surface area contributed by atoms with Gasteiger partial charge in [0, 0.05) is 19.2 Å². The van der Waals surface area contributed by atoms with Crippen molar-refractivity contribution in [2.45, 2.75) is 26.2 Å². The summed E-state index contributed by atoms with van der Waals surface area (Å²) in [5.74, 6) is -0.367. The van der Waals surface area contributed by atoms with Crippen LogP contribution in [0.5, 0.6) is 0 Å². The second-order valence-electron chi connectivity index (χ2n) is 3.73. The Morgan fingerprint density at radius 2 is 1.81 bits per heavy atom. The summed E-state index contributed by atoms with van der Waals surface area (Å²) in [5.41, 5.74) is 0. The van der Waals surface area contributed by atoms with Crippen LogP contribution in [-0.2, 0) is 4.79 Å². The molecule has 1 aliphatic rings. The number of rotatable bonds is 2. The first-order valence-corrected chi connectivity index (χ1v) is 5.63. The first-order chi connectivity index (χ1) is 7.74. The molecular weight excluding hydrogens is 204 g/mol. The van der Waals surface area contributed by atoms with Gasteiger partial charge in [0.2, 0.25) is 0 Å². The summed E-state index contributed by atoms with van der Waals surface area (Å²) in [6.07, 6.45) is 9.73. The van der Waals surface area contributed by atoms with Crippen molar-refractivity contribution in [2.24, 2.45) is 0 Å². The Morgan fingerprint density at radius 1 is 1.12 bits per heavy atom. The van der Waals surface area contributed by atoms with Crippen LogP contribution in [0, 0.1) is 0 Å². The monoisotopic (exact) mass is 222 g/mol. The molecule has 1 N–H and O–H groups in total. The average molecular weight is 222 g/mol. The van der Waals surface area contributed by atoms with E-state index in [-0.39, 0.29) is 11.9 Å². The van der Waals surface area contributed by atoms with E-state index in [0.29, 0.717) is 0 Å². The fraction of sp³-hybridized carbons (Fsp3) is 0.500. The van der Waals surface area contributed by atoms with Gasteiger partial charge < -0.3 is 4.90 Å². The molecule has 0 saturated carbocycles. The van der Waals surface area contributed by atoms with Gasteiger partial charge in [0.15, 0.2) is 0 Å².